The number of hydrogen-bond acceptors (Lipinski definition) is 5. The summed E-state index contributed by atoms with van der Waals surface area (Å²) in [5.74, 6) is 1.70. The van der Waals surface area contributed by atoms with Crippen LogP contribution in [0.1, 0.15) is 51.0 Å². The average molecular weight is 425 g/mol. The maximum absolute atomic E-state index is 12.7. The fraction of sp³-hybridized carbons (Fsp3) is 0.520. The fourth-order valence-electron chi connectivity index (χ4n) is 4.13. The van der Waals surface area contributed by atoms with E-state index in [2.05, 4.69) is 53.9 Å². The number of carbonyl (C=O) groups is 1. The number of anilines is 1. The van der Waals surface area contributed by atoms with E-state index in [4.69, 9.17) is 4.74 Å². The van der Waals surface area contributed by atoms with E-state index in [9.17, 15) is 4.79 Å². The van der Waals surface area contributed by atoms with E-state index in [1.54, 1.807) is 18.3 Å². The van der Waals surface area contributed by atoms with E-state index < -0.39 is 0 Å². The highest BCUT2D eigenvalue weighted by Crippen LogP contribution is 2.26. The standard InChI is InChI=1S/C25H36N4O2/c1-5-28(6-2)21-10-7-11-22(15-21)31-23-12-13-26-24(16-23)25(30)27-17-20-9-8-14-29(18-20)19(3)4/h7,10-13,15-16,19-20H,5-6,8-9,14,17-18H2,1-4H3,(H,27,30)/t20-/m1/s1. The topological polar surface area (TPSA) is 57.7 Å². The van der Waals surface area contributed by atoms with Crippen LogP contribution in [0.3, 0.4) is 0 Å². The van der Waals surface area contributed by atoms with Crippen LogP contribution in [0.25, 0.3) is 0 Å². The van der Waals surface area contributed by atoms with Crippen molar-refractivity contribution in [3.8, 4) is 11.5 Å². The van der Waals surface area contributed by atoms with Gasteiger partial charge in [-0.1, -0.05) is 6.07 Å². The molecule has 0 bridgehead atoms. The highest BCUT2D eigenvalue weighted by Gasteiger charge is 2.22. The van der Waals surface area contributed by atoms with Gasteiger partial charge in [0.05, 0.1) is 0 Å². The van der Waals surface area contributed by atoms with Crippen LogP contribution in [0, 0.1) is 5.92 Å². The van der Waals surface area contributed by atoms with Gasteiger partial charge < -0.3 is 19.9 Å². The van der Waals surface area contributed by atoms with Gasteiger partial charge in [0.25, 0.3) is 5.91 Å². The van der Waals surface area contributed by atoms with Gasteiger partial charge in [-0.25, -0.2) is 0 Å². The zero-order valence-electron chi connectivity index (χ0n) is 19.3. The molecule has 0 radical (unpaired) electrons. The van der Waals surface area contributed by atoms with E-state index in [1.165, 1.54) is 6.42 Å². The number of carbonyl (C=O) groups excluding carboxylic acids is 1. The summed E-state index contributed by atoms with van der Waals surface area (Å²) in [5.41, 5.74) is 1.51. The Morgan fingerprint density at radius 3 is 2.74 bits per heavy atom. The summed E-state index contributed by atoms with van der Waals surface area (Å²) in [5, 5.41) is 3.07. The van der Waals surface area contributed by atoms with Crippen LogP contribution in [0.4, 0.5) is 5.69 Å². The molecule has 1 amide bonds. The largest absolute Gasteiger partial charge is 0.457 e. The van der Waals surface area contributed by atoms with Gasteiger partial charge in [-0.3, -0.25) is 9.78 Å². The highest BCUT2D eigenvalue weighted by molar-refractivity contribution is 5.92. The number of pyridine rings is 1. The summed E-state index contributed by atoms with van der Waals surface area (Å²) < 4.78 is 6.03. The molecule has 3 rings (SSSR count). The van der Waals surface area contributed by atoms with Crippen molar-refractivity contribution in [3.63, 3.8) is 0 Å². The Morgan fingerprint density at radius 2 is 2.00 bits per heavy atom. The Labute approximate surface area is 186 Å². The Hall–Kier alpha value is -2.60. The summed E-state index contributed by atoms with van der Waals surface area (Å²) in [4.78, 5) is 21.7. The van der Waals surface area contributed by atoms with Crippen LogP contribution in [-0.4, -0.2) is 54.6 Å². The SMILES string of the molecule is CCN(CC)c1cccc(Oc2ccnc(C(=O)NC[C@H]3CCCN(C(C)C)C3)c2)c1. The molecule has 1 aliphatic rings. The molecule has 1 aromatic carbocycles. The first kappa shape index (κ1) is 23.1. The third-order valence-electron chi connectivity index (χ3n) is 5.98. The molecule has 0 saturated carbocycles. The lowest BCUT2D eigenvalue weighted by Gasteiger charge is -2.35. The van der Waals surface area contributed by atoms with Crippen LogP contribution >= 0.6 is 0 Å². The molecule has 2 heterocycles. The second-order valence-corrected chi connectivity index (χ2v) is 8.46. The molecule has 1 saturated heterocycles. The smallest absolute Gasteiger partial charge is 0.270 e. The maximum atomic E-state index is 12.7. The lowest BCUT2D eigenvalue weighted by Crippen LogP contribution is -2.43. The van der Waals surface area contributed by atoms with E-state index in [1.807, 2.05) is 18.2 Å². The van der Waals surface area contributed by atoms with Crippen molar-refractivity contribution in [3.05, 3.63) is 48.3 Å². The van der Waals surface area contributed by atoms with Crippen molar-refractivity contribution >= 4 is 11.6 Å². The molecule has 1 N–H and O–H groups in total. The minimum Gasteiger partial charge on any atom is -0.457 e. The number of hydrogen-bond donors (Lipinski definition) is 1. The number of ether oxygens (including phenoxy) is 1. The normalized spacial score (nSPS) is 16.9. The van der Waals surface area contributed by atoms with Gasteiger partial charge in [0, 0.05) is 56.2 Å². The van der Waals surface area contributed by atoms with Crippen molar-refractivity contribution in [1.29, 1.82) is 0 Å². The summed E-state index contributed by atoms with van der Waals surface area (Å²) in [6.07, 6.45) is 3.97. The van der Waals surface area contributed by atoms with Crippen LogP contribution in [0.2, 0.25) is 0 Å². The van der Waals surface area contributed by atoms with Gasteiger partial charge in [-0.2, -0.15) is 0 Å². The predicted molar refractivity (Wildman–Crippen MR) is 126 cm³/mol. The number of rotatable bonds is 9. The Balaban J connectivity index is 1.60. The molecular weight excluding hydrogens is 388 g/mol. The maximum Gasteiger partial charge on any atom is 0.270 e. The number of piperidine rings is 1. The van der Waals surface area contributed by atoms with Crippen LogP contribution < -0.4 is 15.0 Å². The molecule has 1 fully saturated rings. The van der Waals surface area contributed by atoms with Crippen molar-refractivity contribution in [2.24, 2.45) is 5.92 Å². The molecular formula is C25H36N4O2. The van der Waals surface area contributed by atoms with Gasteiger partial charge in [-0.05, 0) is 71.2 Å². The second-order valence-electron chi connectivity index (χ2n) is 8.46. The number of likely N-dealkylation sites (tertiary alicyclic amines) is 1. The molecule has 168 valence electrons. The van der Waals surface area contributed by atoms with Gasteiger partial charge in [0.2, 0.25) is 0 Å². The number of amides is 1. The molecule has 6 heteroatoms. The monoisotopic (exact) mass is 424 g/mol. The van der Waals surface area contributed by atoms with Crippen molar-refractivity contribution in [2.75, 3.05) is 37.6 Å². The predicted octanol–water partition coefficient (Wildman–Crippen LogP) is 4.57. The number of benzene rings is 1. The highest BCUT2D eigenvalue weighted by atomic mass is 16.5. The summed E-state index contributed by atoms with van der Waals surface area (Å²) in [6, 6.07) is 12.1. The minimum absolute atomic E-state index is 0.149. The molecule has 0 unspecified atom stereocenters. The van der Waals surface area contributed by atoms with Gasteiger partial charge >= 0.3 is 0 Å². The first-order valence-electron chi connectivity index (χ1n) is 11.5. The van der Waals surface area contributed by atoms with Crippen molar-refractivity contribution in [2.45, 2.75) is 46.6 Å². The summed E-state index contributed by atoms with van der Waals surface area (Å²) in [6.45, 7) is 13.5. The second kappa shape index (κ2) is 11.1. The van der Waals surface area contributed by atoms with E-state index >= 15 is 0 Å². The summed E-state index contributed by atoms with van der Waals surface area (Å²) in [7, 11) is 0. The third-order valence-corrected chi connectivity index (χ3v) is 5.98. The molecule has 2 aromatic rings. The molecule has 31 heavy (non-hydrogen) atoms. The fourth-order valence-corrected chi connectivity index (χ4v) is 4.13. The molecule has 1 aliphatic heterocycles. The molecule has 0 aliphatic carbocycles. The lowest BCUT2D eigenvalue weighted by molar-refractivity contribution is 0.0917. The molecule has 0 spiro atoms. The van der Waals surface area contributed by atoms with Crippen LogP contribution in [-0.2, 0) is 0 Å². The summed E-state index contributed by atoms with van der Waals surface area (Å²) >= 11 is 0. The van der Waals surface area contributed by atoms with E-state index in [-0.39, 0.29) is 5.91 Å². The minimum atomic E-state index is -0.149. The van der Waals surface area contributed by atoms with Gasteiger partial charge in [0.1, 0.15) is 17.2 Å². The van der Waals surface area contributed by atoms with Crippen LogP contribution in [0.15, 0.2) is 42.6 Å². The van der Waals surface area contributed by atoms with Gasteiger partial charge in [0.15, 0.2) is 0 Å². The Bertz CT molecular complexity index is 851. The Morgan fingerprint density at radius 1 is 1.23 bits per heavy atom. The van der Waals surface area contributed by atoms with Crippen molar-refractivity contribution in [1.82, 2.24) is 15.2 Å². The van der Waals surface area contributed by atoms with E-state index in [0.717, 1.165) is 44.0 Å². The average Bonchev–Trinajstić information content (AvgIpc) is 2.79. The van der Waals surface area contributed by atoms with Crippen molar-refractivity contribution < 1.29 is 9.53 Å². The zero-order valence-corrected chi connectivity index (χ0v) is 19.3. The molecule has 6 nitrogen and oxygen atoms in total. The number of aromatic nitrogens is 1. The third kappa shape index (κ3) is 6.44. The Kier molecular flexibility index (Phi) is 8.29. The zero-order chi connectivity index (χ0) is 22.2. The first-order chi connectivity index (χ1) is 15.0. The molecule has 1 atom stereocenters. The lowest BCUT2D eigenvalue weighted by atomic mass is 9.97. The van der Waals surface area contributed by atoms with Gasteiger partial charge in [-0.15, -0.1) is 0 Å². The van der Waals surface area contributed by atoms with E-state index in [0.29, 0.717) is 29.9 Å². The quantitative estimate of drug-likeness (QED) is 0.639. The number of nitrogens with one attached hydrogen (secondary N) is 1. The number of nitrogens with zero attached hydrogens (tertiary/aromatic N) is 3. The van der Waals surface area contributed by atoms with Crippen LogP contribution in [0.5, 0.6) is 11.5 Å². The first-order valence-corrected chi connectivity index (χ1v) is 11.5. The molecule has 1 aromatic heterocycles.